The molecule has 9 rings (SSSR count). The molecule has 0 radical (unpaired) electrons. The standard InChI is InChI=1S/C36H28Br2N2O4S2/c37-23-9-13-25(14-10-23)45(41,42)39-22-36-32-8-4-3-7-29(32)31-18-20-35(31,36)34-19-17-30(34)27-5-1-2-6-28(27)33(34)21-40(36)46(43,44)26-15-11-24(38)12-16-26/h1-16,21-22,30-31H,17-20H2/b39-22-/t30-,31+,34+,35+,36+/m1/s1. The molecule has 4 aromatic carbocycles. The maximum absolute atomic E-state index is 15.1. The summed E-state index contributed by atoms with van der Waals surface area (Å²) in [5.74, 6) is 0.273. The lowest BCUT2D eigenvalue weighted by molar-refractivity contribution is -0.140. The van der Waals surface area contributed by atoms with Gasteiger partial charge in [0.15, 0.2) is 0 Å². The first-order valence-corrected chi connectivity index (χ1v) is 19.8. The molecule has 1 heterocycles. The van der Waals surface area contributed by atoms with Gasteiger partial charge in [0.1, 0.15) is 5.54 Å². The minimum atomic E-state index is -4.22. The summed E-state index contributed by atoms with van der Waals surface area (Å²) in [6.45, 7) is 0. The number of fused-ring (bicyclic) bond motifs is 6. The number of nitrogens with zero attached hydrogens (tertiary/aromatic N) is 2. The Labute approximate surface area is 285 Å². The van der Waals surface area contributed by atoms with Crippen molar-refractivity contribution in [3.05, 3.63) is 134 Å². The highest BCUT2D eigenvalue weighted by atomic mass is 79.9. The highest BCUT2D eigenvalue weighted by Crippen LogP contribution is 2.88. The average molecular weight is 777 g/mol. The zero-order valence-electron chi connectivity index (χ0n) is 24.5. The molecule has 0 bridgehead atoms. The predicted octanol–water partition coefficient (Wildman–Crippen LogP) is 8.37. The maximum atomic E-state index is 15.1. The first kappa shape index (κ1) is 29.1. The fourth-order valence-corrected chi connectivity index (χ4v) is 12.9. The van der Waals surface area contributed by atoms with Crippen LogP contribution < -0.4 is 0 Å². The summed E-state index contributed by atoms with van der Waals surface area (Å²) in [6.07, 6.45) is 6.91. The molecule has 2 spiro atoms. The Bertz CT molecular complexity index is 2250. The topological polar surface area (TPSA) is 83.9 Å². The largest absolute Gasteiger partial charge is 0.282 e. The van der Waals surface area contributed by atoms with Crippen LogP contribution in [0.4, 0.5) is 0 Å². The molecular weight excluding hydrogens is 748 g/mol. The molecule has 10 heteroatoms. The lowest BCUT2D eigenvalue weighted by Gasteiger charge is -2.72. The Hall–Kier alpha value is -3.05. The molecule has 4 aromatic rings. The Balaban J connectivity index is 1.38. The smallest absolute Gasteiger partial charge is 0.256 e. The Morgan fingerprint density at radius 1 is 0.717 bits per heavy atom. The van der Waals surface area contributed by atoms with Crippen molar-refractivity contribution >= 4 is 63.7 Å². The van der Waals surface area contributed by atoms with Gasteiger partial charge in [0.25, 0.3) is 20.0 Å². The van der Waals surface area contributed by atoms with Crippen molar-refractivity contribution < 1.29 is 16.8 Å². The SMILES string of the molecule is O=S(=O)(/N=C\[C@]12c3ccccc3[C@@H]3CC[C@@]31[C@@]13CC[C@@H]1c1ccccc1C3=CN2S(=O)(=O)c1ccc(Br)cc1)c1ccc(Br)cc1. The molecule has 0 N–H and O–H groups in total. The molecule has 1 aliphatic heterocycles. The molecule has 0 unspecified atom stereocenters. The van der Waals surface area contributed by atoms with Gasteiger partial charge in [-0.3, -0.25) is 4.31 Å². The van der Waals surface area contributed by atoms with E-state index in [1.807, 2.05) is 30.5 Å². The van der Waals surface area contributed by atoms with E-state index in [0.29, 0.717) is 0 Å². The summed E-state index contributed by atoms with van der Waals surface area (Å²) < 4.78 is 65.5. The first-order valence-electron chi connectivity index (χ1n) is 15.4. The lowest BCUT2D eigenvalue weighted by atomic mass is 9.34. The van der Waals surface area contributed by atoms with Crippen molar-refractivity contribution in [3.63, 3.8) is 0 Å². The number of hydrogen-bond donors (Lipinski definition) is 0. The van der Waals surface area contributed by atoms with Gasteiger partial charge in [0.05, 0.1) is 9.79 Å². The molecule has 2 saturated carbocycles. The van der Waals surface area contributed by atoms with E-state index >= 15 is 8.42 Å². The minimum Gasteiger partial charge on any atom is -0.256 e. The van der Waals surface area contributed by atoms with Crippen molar-refractivity contribution in [1.82, 2.24) is 4.31 Å². The summed E-state index contributed by atoms with van der Waals surface area (Å²) in [6, 6.07) is 29.5. The fraction of sp³-hybridized carbons (Fsp3) is 0.250. The number of rotatable bonds is 5. The van der Waals surface area contributed by atoms with E-state index in [9.17, 15) is 8.42 Å². The van der Waals surface area contributed by atoms with Gasteiger partial charge in [-0.15, -0.1) is 0 Å². The van der Waals surface area contributed by atoms with Gasteiger partial charge in [-0.2, -0.15) is 12.8 Å². The minimum absolute atomic E-state index is 0.0500. The summed E-state index contributed by atoms with van der Waals surface area (Å²) in [5.41, 5.74) is 2.97. The molecule has 5 atom stereocenters. The van der Waals surface area contributed by atoms with Gasteiger partial charge >= 0.3 is 0 Å². The van der Waals surface area contributed by atoms with Crippen LogP contribution >= 0.6 is 31.9 Å². The molecule has 4 aliphatic carbocycles. The second-order valence-electron chi connectivity index (χ2n) is 13.0. The third-order valence-electron chi connectivity index (χ3n) is 11.6. The number of sulfonamides is 2. The van der Waals surface area contributed by atoms with Gasteiger partial charge in [-0.25, -0.2) is 8.42 Å². The van der Waals surface area contributed by atoms with Crippen molar-refractivity contribution in [2.75, 3.05) is 0 Å². The number of halogens is 2. The van der Waals surface area contributed by atoms with Crippen LogP contribution in [0.25, 0.3) is 5.57 Å². The highest BCUT2D eigenvalue weighted by molar-refractivity contribution is 9.10. The van der Waals surface area contributed by atoms with E-state index in [4.69, 9.17) is 0 Å². The zero-order valence-corrected chi connectivity index (χ0v) is 29.3. The molecule has 0 aromatic heterocycles. The summed E-state index contributed by atoms with van der Waals surface area (Å²) in [7, 11) is -8.39. The van der Waals surface area contributed by atoms with E-state index in [2.05, 4.69) is 60.5 Å². The van der Waals surface area contributed by atoms with Gasteiger partial charge in [-0.05, 0) is 114 Å². The van der Waals surface area contributed by atoms with E-state index in [1.54, 1.807) is 36.4 Å². The quantitative estimate of drug-likeness (QED) is 0.191. The molecule has 46 heavy (non-hydrogen) atoms. The molecule has 6 nitrogen and oxygen atoms in total. The van der Waals surface area contributed by atoms with Crippen molar-refractivity contribution in [1.29, 1.82) is 0 Å². The van der Waals surface area contributed by atoms with Crippen LogP contribution in [-0.4, -0.2) is 27.4 Å². The Morgan fingerprint density at radius 3 is 1.96 bits per heavy atom. The van der Waals surface area contributed by atoms with Crippen LogP contribution in [0.3, 0.4) is 0 Å². The van der Waals surface area contributed by atoms with Gasteiger partial charge < -0.3 is 0 Å². The van der Waals surface area contributed by atoms with E-state index in [1.165, 1.54) is 28.2 Å². The van der Waals surface area contributed by atoms with Crippen LogP contribution in [0.1, 0.15) is 59.8 Å². The molecule has 0 saturated heterocycles. The van der Waals surface area contributed by atoms with Gasteiger partial charge in [0, 0.05) is 32.2 Å². The summed E-state index contributed by atoms with van der Waals surface area (Å²) in [5, 5.41) is 0. The van der Waals surface area contributed by atoms with Gasteiger partial charge in [0.2, 0.25) is 0 Å². The highest BCUT2D eigenvalue weighted by Gasteiger charge is 2.83. The molecule has 2 fully saturated rings. The molecule has 0 amide bonds. The first-order chi connectivity index (χ1) is 22.1. The average Bonchev–Trinajstić information content (AvgIpc) is 3.32. The Morgan fingerprint density at radius 2 is 1.33 bits per heavy atom. The Kier molecular flexibility index (Phi) is 6.03. The van der Waals surface area contributed by atoms with E-state index in [-0.39, 0.29) is 27.0 Å². The summed E-state index contributed by atoms with van der Waals surface area (Å²) >= 11 is 6.83. The van der Waals surface area contributed by atoms with E-state index in [0.717, 1.165) is 56.9 Å². The third-order valence-corrected chi connectivity index (χ3v) is 15.7. The molecule has 232 valence electrons. The van der Waals surface area contributed by atoms with Crippen LogP contribution in [0.15, 0.2) is 126 Å². The molecular formula is C36H28Br2N2O4S2. The van der Waals surface area contributed by atoms with Crippen LogP contribution in [-0.2, 0) is 25.6 Å². The van der Waals surface area contributed by atoms with E-state index < -0.39 is 31.0 Å². The van der Waals surface area contributed by atoms with Gasteiger partial charge in [-0.1, -0.05) is 80.4 Å². The van der Waals surface area contributed by atoms with Crippen LogP contribution in [0.2, 0.25) is 0 Å². The van der Waals surface area contributed by atoms with Crippen molar-refractivity contribution in [2.24, 2.45) is 15.2 Å². The fourth-order valence-electron chi connectivity index (χ4n) is 9.85. The second-order valence-corrected chi connectivity index (χ2v) is 18.3. The molecule has 5 aliphatic rings. The number of hydrogen-bond acceptors (Lipinski definition) is 4. The van der Waals surface area contributed by atoms with Crippen molar-refractivity contribution in [3.8, 4) is 0 Å². The number of benzene rings is 4. The normalized spacial score (nSPS) is 30.2. The number of allylic oxidation sites excluding steroid dienone is 1. The second kappa shape index (κ2) is 9.52. The third kappa shape index (κ3) is 3.34. The van der Waals surface area contributed by atoms with Crippen LogP contribution in [0, 0.1) is 10.8 Å². The summed E-state index contributed by atoms with van der Waals surface area (Å²) in [4.78, 5) is 0.190. The van der Waals surface area contributed by atoms with Crippen molar-refractivity contribution in [2.45, 2.75) is 52.8 Å². The predicted molar refractivity (Wildman–Crippen MR) is 184 cm³/mol. The zero-order chi connectivity index (χ0) is 31.7. The maximum Gasteiger partial charge on any atom is 0.282 e. The lowest BCUT2D eigenvalue weighted by Crippen LogP contribution is -2.71. The monoisotopic (exact) mass is 774 g/mol. The van der Waals surface area contributed by atoms with Crippen LogP contribution in [0.5, 0.6) is 0 Å².